The third-order valence-corrected chi connectivity index (χ3v) is 2.71. The molecule has 1 aliphatic heterocycles. The van der Waals surface area contributed by atoms with Gasteiger partial charge in [-0.15, -0.1) is 0 Å². The first-order chi connectivity index (χ1) is 7.77. The molecule has 1 unspecified atom stereocenters. The summed E-state index contributed by atoms with van der Waals surface area (Å²) in [7, 11) is 1.59. The van der Waals surface area contributed by atoms with E-state index in [1.807, 2.05) is 19.1 Å². The lowest BCUT2D eigenvalue weighted by Crippen LogP contribution is -1.99. The van der Waals surface area contributed by atoms with E-state index in [2.05, 4.69) is 0 Å². The maximum atomic E-state index is 10.5. The summed E-state index contributed by atoms with van der Waals surface area (Å²) in [4.78, 5) is 10.5. The molecule has 86 valence electrons. The molecular formula is C12H14O4. The standard InChI is InChI=1S/C12H14O4/c1-8(5-6-13)9-3-4-10-12(11(9)14-2)16-7-15-10/h3-4,6,8H,5,7H2,1-2H3. The average molecular weight is 222 g/mol. The minimum Gasteiger partial charge on any atom is -0.492 e. The Kier molecular flexibility index (Phi) is 2.99. The van der Waals surface area contributed by atoms with Crippen molar-refractivity contribution in [3.63, 3.8) is 0 Å². The molecule has 0 spiro atoms. The van der Waals surface area contributed by atoms with Crippen LogP contribution in [0.5, 0.6) is 17.2 Å². The molecule has 0 aliphatic carbocycles. The fourth-order valence-corrected chi connectivity index (χ4v) is 1.83. The third-order valence-electron chi connectivity index (χ3n) is 2.71. The quantitative estimate of drug-likeness (QED) is 0.732. The maximum absolute atomic E-state index is 10.5. The molecule has 0 N–H and O–H groups in total. The fraction of sp³-hybridized carbons (Fsp3) is 0.417. The Morgan fingerprint density at radius 2 is 2.31 bits per heavy atom. The molecule has 0 fully saturated rings. The highest BCUT2D eigenvalue weighted by atomic mass is 16.7. The number of carbonyl (C=O) groups excluding carboxylic acids is 1. The molecule has 1 aromatic carbocycles. The zero-order chi connectivity index (χ0) is 11.5. The topological polar surface area (TPSA) is 44.8 Å². The van der Waals surface area contributed by atoms with Crippen LogP contribution in [0, 0.1) is 0 Å². The molecule has 1 atom stereocenters. The summed E-state index contributed by atoms with van der Waals surface area (Å²) < 4.78 is 16.0. The van der Waals surface area contributed by atoms with Crippen LogP contribution >= 0.6 is 0 Å². The van der Waals surface area contributed by atoms with E-state index in [0.717, 1.165) is 11.8 Å². The molecule has 0 radical (unpaired) electrons. The van der Waals surface area contributed by atoms with Gasteiger partial charge in [0.1, 0.15) is 6.29 Å². The summed E-state index contributed by atoms with van der Waals surface area (Å²) in [5, 5.41) is 0. The highest BCUT2D eigenvalue weighted by Gasteiger charge is 2.23. The molecule has 0 saturated carbocycles. The third kappa shape index (κ3) is 1.71. The summed E-state index contributed by atoms with van der Waals surface area (Å²) in [6, 6.07) is 3.77. The molecule has 0 saturated heterocycles. The van der Waals surface area contributed by atoms with Crippen molar-refractivity contribution in [1.29, 1.82) is 0 Å². The Morgan fingerprint density at radius 3 is 3.00 bits per heavy atom. The van der Waals surface area contributed by atoms with Gasteiger partial charge in [-0.25, -0.2) is 0 Å². The van der Waals surface area contributed by atoms with Crippen LogP contribution in [-0.2, 0) is 4.79 Å². The predicted octanol–water partition coefficient (Wildman–Crippen LogP) is 2.12. The maximum Gasteiger partial charge on any atom is 0.231 e. The number of hydrogen-bond donors (Lipinski definition) is 0. The summed E-state index contributed by atoms with van der Waals surface area (Å²) in [5.41, 5.74) is 0.971. The Labute approximate surface area is 94.1 Å². The van der Waals surface area contributed by atoms with Crippen LogP contribution in [0.3, 0.4) is 0 Å². The molecule has 0 bridgehead atoms. The minimum atomic E-state index is 0.113. The van der Waals surface area contributed by atoms with Gasteiger partial charge in [0, 0.05) is 12.0 Å². The minimum absolute atomic E-state index is 0.113. The predicted molar refractivity (Wildman–Crippen MR) is 58.2 cm³/mol. The second kappa shape index (κ2) is 4.43. The highest BCUT2D eigenvalue weighted by Crippen LogP contribution is 2.45. The fourth-order valence-electron chi connectivity index (χ4n) is 1.83. The molecule has 4 heteroatoms. The van der Waals surface area contributed by atoms with Crippen molar-refractivity contribution < 1.29 is 19.0 Å². The van der Waals surface area contributed by atoms with Crippen LogP contribution in [0.15, 0.2) is 12.1 Å². The van der Waals surface area contributed by atoms with E-state index in [9.17, 15) is 4.79 Å². The first kappa shape index (κ1) is 10.8. The van der Waals surface area contributed by atoms with Crippen LogP contribution in [-0.4, -0.2) is 20.2 Å². The van der Waals surface area contributed by atoms with Crippen molar-refractivity contribution in [3.05, 3.63) is 17.7 Å². The van der Waals surface area contributed by atoms with E-state index in [1.54, 1.807) is 7.11 Å². The largest absolute Gasteiger partial charge is 0.492 e. The summed E-state index contributed by atoms with van der Waals surface area (Å²) in [6.45, 7) is 2.20. The number of rotatable bonds is 4. The second-order valence-corrected chi connectivity index (χ2v) is 3.73. The lowest BCUT2D eigenvalue weighted by molar-refractivity contribution is -0.108. The van der Waals surface area contributed by atoms with Crippen molar-refractivity contribution in [1.82, 2.24) is 0 Å². The van der Waals surface area contributed by atoms with Crippen molar-refractivity contribution in [2.75, 3.05) is 13.9 Å². The van der Waals surface area contributed by atoms with E-state index in [-0.39, 0.29) is 12.7 Å². The summed E-state index contributed by atoms with van der Waals surface area (Å²) in [6.07, 6.45) is 1.38. The Morgan fingerprint density at radius 1 is 1.50 bits per heavy atom. The van der Waals surface area contributed by atoms with E-state index >= 15 is 0 Å². The molecule has 2 rings (SSSR count). The molecule has 0 aromatic heterocycles. The number of hydrogen-bond acceptors (Lipinski definition) is 4. The number of aldehydes is 1. The summed E-state index contributed by atoms with van der Waals surface area (Å²) in [5.74, 6) is 2.11. The zero-order valence-electron chi connectivity index (χ0n) is 9.36. The van der Waals surface area contributed by atoms with Gasteiger partial charge < -0.3 is 19.0 Å². The normalized spacial score (nSPS) is 14.6. The number of benzene rings is 1. The average Bonchev–Trinajstić information content (AvgIpc) is 2.75. The number of carbonyl (C=O) groups is 1. The molecule has 1 aromatic rings. The number of ether oxygens (including phenoxy) is 3. The highest BCUT2D eigenvalue weighted by molar-refractivity contribution is 5.60. The molecular weight excluding hydrogens is 208 g/mol. The van der Waals surface area contributed by atoms with E-state index in [0.29, 0.717) is 23.7 Å². The van der Waals surface area contributed by atoms with Crippen LogP contribution in [0.2, 0.25) is 0 Å². The van der Waals surface area contributed by atoms with Gasteiger partial charge in [0.15, 0.2) is 11.5 Å². The van der Waals surface area contributed by atoms with Crippen molar-refractivity contribution >= 4 is 6.29 Å². The van der Waals surface area contributed by atoms with Crippen LogP contribution in [0.25, 0.3) is 0 Å². The Bertz CT molecular complexity index is 400. The van der Waals surface area contributed by atoms with Gasteiger partial charge in [-0.1, -0.05) is 13.0 Å². The smallest absolute Gasteiger partial charge is 0.231 e. The molecule has 4 nitrogen and oxygen atoms in total. The van der Waals surface area contributed by atoms with Crippen LogP contribution < -0.4 is 14.2 Å². The van der Waals surface area contributed by atoms with E-state index in [1.165, 1.54) is 0 Å². The molecule has 0 amide bonds. The molecule has 16 heavy (non-hydrogen) atoms. The first-order valence-corrected chi connectivity index (χ1v) is 5.18. The number of fused-ring (bicyclic) bond motifs is 1. The van der Waals surface area contributed by atoms with Crippen molar-refractivity contribution in [3.8, 4) is 17.2 Å². The van der Waals surface area contributed by atoms with E-state index in [4.69, 9.17) is 14.2 Å². The second-order valence-electron chi connectivity index (χ2n) is 3.73. The van der Waals surface area contributed by atoms with Crippen LogP contribution in [0.1, 0.15) is 24.8 Å². The van der Waals surface area contributed by atoms with Crippen molar-refractivity contribution in [2.45, 2.75) is 19.3 Å². The van der Waals surface area contributed by atoms with Crippen molar-refractivity contribution in [2.24, 2.45) is 0 Å². The lowest BCUT2D eigenvalue weighted by Gasteiger charge is -2.14. The van der Waals surface area contributed by atoms with E-state index < -0.39 is 0 Å². The SMILES string of the molecule is COc1c(C(C)CC=O)ccc2c1OCO2. The van der Waals surface area contributed by atoms with Gasteiger partial charge in [0.2, 0.25) is 12.5 Å². The van der Waals surface area contributed by atoms with Gasteiger partial charge in [-0.05, 0) is 12.0 Å². The molecule has 1 aliphatic rings. The van der Waals surface area contributed by atoms with Gasteiger partial charge in [0.25, 0.3) is 0 Å². The Balaban J connectivity index is 2.42. The monoisotopic (exact) mass is 222 g/mol. The summed E-state index contributed by atoms with van der Waals surface area (Å²) >= 11 is 0. The number of methoxy groups -OCH3 is 1. The zero-order valence-corrected chi connectivity index (χ0v) is 9.36. The van der Waals surface area contributed by atoms with Gasteiger partial charge in [-0.2, -0.15) is 0 Å². The van der Waals surface area contributed by atoms with Gasteiger partial charge in [-0.3, -0.25) is 0 Å². The van der Waals surface area contributed by atoms with Gasteiger partial charge in [0.05, 0.1) is 7.11 Å². The molecule has 1 heterocycles. The van der Waals surface area contributed by atoms with Gasteiger partial charge >= 0.3 is 0 Å². The van der Waals surface area contributed by atoms with Crippen LogP contribution in [0.4, 0.5) is 0 Å². The lowest BCUT2D eigenvalue weighted by atomic mass is 9.97. The first-order valence-electron chi connectivity index (χ1n) is 5.18. The Hall–Kier alpha value is -1.71.